The minimum absolute atomic E-state index is 0. The molecule has 3 N–H and O–H groups in total. The van der Waals surface area contributed by atoms with E-state index in [4.69, 9.17) is 30.6 Å². The van der Waals surface area contributed by atoms with Crippen molar-refractivity contribution >= 4 is 36.6 Å². The summed E-state index contributed by atoms with van der Waals surface area (Å²) in [6.07, 6.45) is 5.77. The quantitative estimate of drug-likeness (QED) is 0.216. The first-order valence-electron chi connectivity index (χ1n) is 7.92. The van der Waals surface area contributed by atoms with Gasteiger partial charge in [0.2, 0.25) is 0 Å². The molecule has 0 aromatic heterocycles. The van der Waals surface area contributed by atoms with E-state index < -0.39 is 8.80 Å². The molecule has 0 unspecified atom stereocenters. The molecule has 0 heterocycles. The second-order valence-corrected chi connectivity index (χ2v) is 9.58. The van der Waals surface area contributed by atoms with Gasteiger partial charge in [-0.05, 0) is 57.0 Å². The van der Waals surface area contributed by atoms with Gasteiger partial charge in [-0.1, -0.05) is 0 Å². The summed E-state index contributed by atoms with van der Waals surface area (Å²) in [5, 5.41) is 7.06. The first kappa shape index (κ1) is 27.5. The van der Waals surface area contributed by atoms with Crippen LogP contribution in [-0.4, -0.2) is 63.2 Å². The summed E-state index contributed by atoms with van der Waals surface area (Å²) < 4.78 is 16.4. The van der Waals surface area contributed by atoms with Crippen molar-refractivity contribution < 1.29 is 34.1 Å². The minimum Gasteiger partial charge on any atom is -0.676 e. The Balaban J connectivity index is 0. The third-order valence-corrected chi connectivity index (χ3v) is 8.47. The van der Waals surface area contributed by atoms with E-state index in [-0.39, 0.29) is 29.5 Å². The van der Waals surface area contributed by atoms with Crippen molar-refractivity contribution in [1.82, 2.24) is 10.6 Å². The molecule has 1 fully saturated rings. The maximum absolute atomic E-state index is 7.18. The first-order chi connectivity index (χ1) is 10.7. The van der Waals surface area contributed by atoms with E-state index in [1.165, 1.54) is 25.7 Å². The second-order valence-electron chi connectivity index (χ2n) is 5.57. The van der Waals surface area contributed by atoms with Gasteiger partial charge in [-0.15, -0.1) is 6.54 Å². The Morgan fingerprint density at radius 2 is 1.58 bits per heavy atom. The molecule has 1 aliphatic rings. The van der Waals surface area contributed by atoms with E-state index in [1.807, 2.05) is 0 Å². The summed E-state index contributed by atoms with van der Waals surface area (Å²) in [7, 11) is 1.17. The second kappa shape index (κ2) is 16.4. The van der Waals surface area contributed by atoms with Crippen LogP contribution in [0.3, 0.4) is 0 Å². The smallest absolute Gasteiger partial charge is 0.509 e. The molecular weight excluding hydrogens is 532 g/mol. The van der Waals surface area contributed by atoms with Gasteiger partial charge >= 0.3 is 8.80 Å². The van der Waals surface area contributed by atoms with Crippen LogP contribution >= 0.6 is 7.58 Å². The fourth-order valence-electron chi connectivity index (χ4n) is 2.85. The van der Waals surface area contributed by atoms with Crippen LogP contribution in [0.5, 0.6) is 0 Å². The van der Waals surface area contributed by atoms with Crippen LogP contribution in [0, 0.1) is 0 Å². The third-order valence-electron chi connectivity index (χ3n) is 4.18. The van der Waals surface area contributed by atoms with Gasteiger partial charge in [-0.3, -0.25) is 0 Å². The molecule has 24 heavy (non-hydrogen) atoms. The zero-order chi connectivity index (χ0) is 16.3. The molecule has 1 rings (SSSR count). The molecule has 1 saturated carbocycles. The van der Waals surface area contributed by atoms with Crippen LogP contribution in [0.1, 0.15) is 32.1 Å². The molecule has 0 bridgehead atoms. The van der Waals surface area contributed by atoms with Crippen molar-refractivity contribution in [3.05, 3.63) is 5.73 Å². The van der Waals surface area contributed by atoms with Gasteiger partial charge in [0, 0.05) is 61.8 Å². The summed E-state index contributed by atoms with van der Waals surface area (Å²) in [5.41, 5.74) is 7.18. The molecule has 6 nitrogen and oxygen atoms in total. The predicted molar refractivity (Wildman–Crippen MR) is 102 cm³/mol. The third kappa shape index (κ3) is 10.4. The maximum Gasteiger partial charge on any atom is 0.509 e. The average Bonchev–Trinajstić information content (AvgIpc) is 2.57. The summed E-state index contributed by atoms with van der Waals surface area (Å²) >= 11 is 4.85. The SMILES string of the molecule is CO[Si](CCCNC1CCC(NCC[NH-])CC1)(OC)OP=S.[B].[W]. The number of rotatable bonds is 12. The molecule has 1 aliphatic carbocycles. The topological polar surface area (TPSA) is 75.6 Å². The Morgan fingerprint density at radius 3 is 2.00 bits per heavy atom. The summed E-state index contributed by atoms with van der Waals surface area (Å²) in [5.74, 6) is 0. The van der Waals surface area contributed by atoms with Crippen LogP contribution in [0.15, 0.2) is 0 Å². The maximum atomic E-state index is 7.18. The van der Waals surface area contributed by atoms with E-state index in [2.05, 4.69) is 10.6 Å². The summed E-state index contributed by atoms with van der Waals surface area (Å²) in [6, 6.07) is 2.00. The van der Waals surface area contributed by atoms with E-state index in [9.17, 15) is 0 Å². The van der Waals surface area contributed by atoms with Crippen molar-refractivity contribution in [1.29, 1.82) is 0 Å². The molecule has 0 aliphatic heterocycles. The Morgan fingerprint density at radius 1 is 1.08 bits per heavy atom. The minimum atomic E-state index is -2.54. The number of hydrogen-bond donors (Lipinski definition) is 2. The van der Waals surface area contributed by atoms with Gasteiger partial charge in [-0.2, -0.15) is 0 Å². The monoisotopic (exact) mass is 561 g/mol. The molecule has 0 spiro atoms. The van der Waals surface area contributed by atoms with Crippen LogP contribution in [0.25, 0.3) is 5.73 Å². The summed E-state index contributed by atoms with van der Waals surface area (Å²) in [4.78, 5) is 0. The number of nitrogens with one attached hydrogen (secondary N) is 3. The molecular formula is C13H29BN3O3PSSiW-. The molecule has 0 amide bonds. The standard InChI is InChI=1S/C13H29N3O3PSSi.B.W/c1-17-22(18-2,19-20-21)11-3-9-15-12-4-6-13(7-5-12)16-10-8-14;;/h12-16H,3-11H2,1-2H3;;/q-1;;. The average molecular weight is 561 g/mol. The fourth-order valence-corrected chi connectivity index (χ4v) is 6.48. The van der Waals surface area contributed by atoms with Crippen molar-refractivity contribution in [3.8, 4) is 0 Å². The Bertz CT molecular complexity index is 318. The van der Waals surface area contributed by atoms with Gasteiger partial charge < -0.3 is 29.4 Å². The van der Waals surface area contributed by atoms with Gasteiger partial charge in [0.1, 0.15) is 7.58 Å². The van der Waals surface area contributed by atoms with Crippen molar-refractivity contribution in [2.75, 3.05) is 33.9 Å². The number of hydrogen-bond acceptors (Lipinski definition) is 6. The van der Waals surface area contributed by atoms with Crippen LogP contribution < -0.4 is 10.6 Å². The summed E-state index contributed by atoms with van der Waals surface area (Å²) in [6.45, 7) is 2.23. The molecule has 0 aromatic rings. The normalized spacial score (nSPS) is 21.1. The first-order valence-corrected chi connectivity index (χ1v) is 11.7. The van der Waals surface area contributed by atoms with Crippen LogP contribution in [0.4, 0.5) is 0 Å². The molecule has 3 radical (unpaired) electrons. The molecule has 0 aromatic carbocycles. The molecule has 11 heteroatoms. The van der Waals surface area contributed by atoms with Gasteiger partial charge in [0.25, 0.3) is 0 Å². The fraction of sp³-hybridized carbons (Fsp3) is 1.00. The van der Waals surface area contributed by atoms with Crippen molar-refractivity contribution in [2.24, 2.45) is 0 Å². The van der Waals surface area contributed by atoms with Crippen LogP contribution in [-0.2, 0) is 45.9 Å². The zero-order valence-corrected chi connectivity index (χ0v) is 20.2. The molecule has 0 atom stereocenters. The molecule has 139 valence electrons. The van der Waals surface area contributed by atoms with Gasteiger partial charge in [-0.25, -0.2) is 0 Å². The van der Waals surface area contributed by atoms with Gasteiger partial charge in [0.05, 0.1) is 0 Å². The zero-order valence-electron chi connectivity index (χ0n) is 14.6. The van der Waals surface area contributed by atoms with E-state index in [0.29, 0.717) is 26.2 Å². The van der Waals surface area contributed by atoms with Gasteiger partial charge in [0.15, 0.2) is 0 Å². The molecule has 0 saturated heterocycles. The van der Waals surface area contributed by atoms with Crippen molar-refractivity contribution in [3.63, 3.8) is 0 Å². The predicted octanol–water partition coefficient (Wildman–Crippen LogP) is 2.11. The Hall–Kier alpha value is 1.25. The van der Waals surface area contributed by atoms with Crippen molar-refractivity contribution in [2.45, 2.75) is 50.2 Å². The Kier molecular flexibility index (Phi) is 18.8. The van der Waals surface area contributed by atoms with Crippen LogP contribution in [0.2, 0.25) is 6.04 Å². The largest absolute Gasteiger partial charge is 0.676 e. The van der Waals surface area contributed by atoms with E-state index in [0.717, 1.165) is 25.6 Å². The Labute approximate surface area is 170 Å². The van der Waals surface area contributed by atoms with E-state index >= 15 is 0 Å². The van der Waals surface area contributed by atoms with E-state index in [1.54, 1.807) is 14.2 Å².